The molecule has 31 heavy (non-hydrogen) atoms. The van der Waals surface area contributed by atoms with Gasteiger partial charge in [-0.3, -0.25) is 14.2 Å². The number of aromatic nitrogens is 3. The van der Waals surface area contributed by atoms with Gasteiger partial charge in [0.15, 0.2) is 11.3 Å². The van der Waals surface area contributed by atoms with Crippen molar-refractivity contribution in [1.82, 2.24) is 19.7 Å². The van der Waals surface area contributed by atoms with E-state index in [9.17, 15) is 9.59 Å². The number of hydrogen-bond donors (Lipinski definition) is 2. The van der Waals surface area contributed by atoms with E-state index < -0.39 is 11.9 Å². The highest BCUT2D eigenvalue weighted by molar-refractivity contribution is 6.30. The average Bonchev–Trinajstić information content (AvgIpc) is 2.94. The Balaban J connectivity index is 1.53. The van der Waals surface area contributed by atoms with Crippen LogP contribution in [0.1, 0.15) is 23.7 Å². The third kappa shape index (κ3) is 3.00. The smallest absolute Gasteiger partial charge is 0.417 e. The van der Waals surface area contributed by atoms with Crippen LogP contribution in [0.2, 0.25) is 5.02 Å². The number of nitrogens with zero attached hydrogens (tertiary/aromatic N) is 3. The summed E-state index contributed by atoms with van der Waals surface area (Å²) in [6.45, 7) is 2.77. The molecular weight excluding hydrogens is 422 g/mol. The Labute approximate surface area is 180 Å². The monoisotopic (exact) mass is 439 g/mol. The van der Waals surface area contributed by atoms with E-state index in [0.29, 0.717) is 52.0 Å². The molecule has 0 saturated carbocycles. The first-order valence-corrected chi connectivity index (χ1v) is 10.4. The number of halogens is 1. The van der Waals surface area contributed by atoms with Crippen LogP contribution in [0, 0.1) is 0 Å². The van der Waals surface area contributed by atoms with Crippen molar-refractivity contribution in [2.24, 2.45) is 0 Å². The summed E-state index contributed by atoms with van der Waals surface area (Å²) in [5.41, 5.74) is 2.79. The SMILES string of the molecule is O=c1[nH]c2ccc3c(c2o1)O[C@H](c1cc(Cl)cn2c(=O)cc(N4CCC4)nc12)CNC3. The fourth-order valence-corrected chi connectivity index (χ4v) is 4.34. The molecule has 2 aliphatic rings. The molecule has 0 spiro atoms. The molecule has 2 aliphatic heterocycles. The molecule has 1 aromatic carbocycles. The van der Waals surface area contributed by atoms with Crippen molar-refractivity contribution in [3.05, 3.63) is 67.5 Å². The summed E-state index contributed by atoms with van der Waals surface area (Å²) in [5.74, 6) is 0.604. The van der Waals surface area contributed by atoms with Crippen molar-refractivity contribution >= 4 is 34.2 Å². The highest BCUT2D eigenvalue weighted by Gasteiger charge is 2.27. The van der Waals surface area contributed by atoms with Crippen LogP contribution in [0.4, 0.5) is 5.82 Å². The van der Waals surface area contributed by atoms with Crippen LogP contribution in [0.25, 0.3) is 16.7 Å². The van der Waals surface area contributed by atoms with Crippen LogP contribution in [0.15, 0.2) is 44.5 Å². The highest BCUT2D eigenvalue weighted by atomic mass is 35.5. The Kier molecular flexibility index (Phi) is 4.09. The number of H-pyrrole nitrogens is 1. The van der Waals surface area contributed by atoms with Crippen molar-refractivity contribution in [3.63, 3.8) is 0 Å². The van der Waals surface area contributed by atoms with Gasteiger partial charge in [0.2, 0.25) is 0 Å². The number of anilines is 1. The van der Waals surface area contributed by atoms with E-state index in [1.807, 2.05) is 6.07 Å². The Morgan fingerprint density at radius 2 is 2.06 bits per heavy atom. The van der Waals surface area contributed by atoms with Gasteiger partial charge in [-0.2, -0.15) is 0 Å². The van der Waals surface area contributed by atoms with E-state index in [-0.39, 0.29) is 5.56 Å². The predicted octanol–water partition coefficient (Wildman–Crippen LogP) is 2.22. The van der Waals surface area contributed by atoms with Gasteiger partial charge in [-0.15, -0.1) is 0 Å². The summed E-state index contributed by atoms with van der Waals surface area (Å²) in [6.07, 6.45) is 2.15. The molecule has 9 nitrogen and oxygen atoms in total. The van der Waals surface area contributed by atoms with Gasteiger partial charge in [-0.05, 0) is 18.6 Å². The maximum absolute atomic E-state index is 12.8. The molecule has 5 heterocycles. The number of oxazole rings is 1. The first-order chi connectivity index (χ1) is 15.1. The van der Waals surface area contributed by atoms with Gasteiger partial charge >= 0.3 is 5.76 Å². The molecule has 1 fully saturated rings. The van der Waals surface area contributed by atoms with Crippen molar-refractivity contribution in [2.45, 2.75) is 19.1 Å². The van der Waals surface area contributed by atoms with Crippen molar-refractivity contribution in [3.8, 4) is 5.75 Å². The fourth-order valence-electron chi connectivity index (χ4n) is 4.12. The van der Waals surface area contributed by atoms with Crippen LogP contribution < -0.4 is 26.3 Å². The minimum atomic E-state index is -0.540. The molecule has 6 rings (SSSR count). The van der Waals surface area contributed by atoms with Gasteiger partial charge in [0.1, 0.15) is 17.6 Å². The third-order valence-corrected chi connectivity index (χ3v) is 6.01. The molecule has 1 atom stereocenters. The molecule has 0 amide bonds. The topological polar surface area (TPSA) is 105 Å². The summed E-state index contributed by atoms with van der Waals surface area (Å²) in [4.78, 5) is 34.0. The number of ether oxygens (including phenoxy) is 1. The van der Waals surface area contributed by atoms with Crippen LogP contribution in [0.5, 0.6) is 5.75 Å². The van der Waals surface area contributed by atoms with Gasteiger partial charge in [0.05, 0.1) is 10.5 Å². The zero-order valence-corrected chi connectivity index (χ0v) is 17.1. The molecule has 0 aliphatic carbocycles. The zero-order chi connectivity index (χ0) is 21.1. The standard InChI is InChI=1S/C21H18ClN5O4/c22-12-6-13(20-25-16(26-4-1-5-26)7-17(28)27(20)10-12)15-9-23-8-11-2-3-14-19(18(11)30-15)31-21(29)24-14/h2-3,6-7,10,15,23H,1,4-5,8-9H2,(H,24,29)/t15-/m0/s1. The largest absolute Gasteiger partial charge is 0.480 e. The lowest BCUT2D eigenvalue weighted by Gasteiger charge is -2.32. The lowest BCUT2D eigenvalue weighted by atomic mass is 10.1. The molecule has 10 heteroatoms. The van der Waals surface area contributed by atoms with Crippen LogP contribution in [0.3, 0.4) is 0 Å². The maximum Gasteiger partial charge on any atom is 0.417 e. The maximum atomic E-state index is 12.8. The lowest BCUT2D eigenvalue weighted by Crippen LogP contribution is -2.38. The van der Waals surface area contributed by atoms with E-state index in [1.165, 1.54) is 10.5 Å². The van der Waals surface area contributed by atoms with Crippen molar-refractivity contribution in [2.75, 3.05) is 24.5 Å². The van der Waals surface area contributed by atoms with Crippen LogP contribution in [-0.4, -0.2) is 34.0 Å². The molecule has 2 N–H and O–H groups in total. The fraction of sp³-hybridized carbons (Fsp3) is 0.286. The first kappa shape index (κ1) is 18.5. The van der Waals surface area contributed by atoms with Gasteiger partial charge in [0.25, 0.3) is 5.56 Å². The summed E-state index contributed by atoms with van der Waals surface area (Å²) in [7, 11) is 0. The van der Waals surface area contributed by atoms with E-state index in [2.05, 4.69) is 15.2 Å². The Morgan fingerprint density at radius 3 is 2.87 bits per heavy atom. The summed E-state index contributed by atoms with van der Waals surface area (Å²) < 4.78 is 13.2. The van der Waals surface area contributed by atoms with Crippen molar-refractivity contribution < 1.29 is 9.15 Å². The van der Waals surface area contributed by atoms with Crippen LogP contribution in [-0.2, 0) is 6.54 Å². The molecule has 158 valence electrons. The Hall–Kier alpha value is -3.30. The predicted molar refractivity (Wildman–Crippen MR) is 115 cm³/mol. The Morgan fingerprint density at radius 1 is 1.19 bits per heavy atom. The van der Waals surface area contributed by atoms with Gasteiger partial charge in [-0.25, -0.2) is 9.78 Å². The highest BCUT2D eigenvalue weighted by Crippen LogP contribution is 2.35. The molecule has 4 aromatic rings. The molecule has 1 saturated heterocycles. The second-order valence-corrected chi connectivity index (χ2v) is 8.22. The van der Waals surface area contributed by atoms with E-state index >= 15 is 0 Å². The third-order valence-electron chi connectivity index (χ3n) is 5.80. The van der Waals surface area contributed by atoms with E-state index in [0.717, 1.165) is 25.1 Å². The number of pyridine rings is 1. The molecule has 0 radical (unpaired) electrons. The zero-order valence-electron chi connectivity index (χ0n) is 16.4. The minimum Gasteiger partial charge on any atom is -0.480 e. The molecule has 3 aromatic heterocycles. The number of benzene rings is 1. The molecule has 0 unspecified atom stereocenters. The van der Waals surface area contributed by atoms with Gasteiger partial charge in [0, 0.05) is 49.6 Å². The number of nitrogens with one attached hydrogen (secondary N) is 2. The van der Waals surface area contributed by atoms with Crippen LogP contribution >= 0.6 is 11.6 Å². The summed E-state index contributed by atoms with van der Waals surface area (Å²) in [6, 6.07) is 6.98. The minimum absolute atomic E-state index is 0.198. The van der Waals surface area contributed by atoms with E-state index in [4.69, 9.17) is 25.7 Å². The number of aromatic amines is 1. The number of fused-ring (bicyclic) bond motifs is 4. The Bertz CT molecular complexity index is 1450. The molecule has 0 bridgehead atoms. The quantitative estimate of drug-likeness (QED) is 0.493. The van der Waals surface area contributed by atoms with Gasteiger partial charge < -0.3 is 19.4 Å². The van der Waals surface area contributed by atoms with E-state index in [1.54, 1.807) is 18.3 Å². The summed E-state index contributed by atoms with van der Waals surface area (Å²) in [5, 5.41) is 3.76. The molecular formula is C21H18ClN5O4. The second kappa shape index (κ2) is 6.86. The number of hydrogen-bond acceptors (Lipinski definition) is 7. The second-order valence-electron chi connectivity index (χ2n) is 7.78. The first-order valence-electron chi connectivity index (χ1n) is 10.1. The van der Waals surface area contributed by atoms with Gasteiger partial charge in [-0.1, -0.05) is 17.7 Å². The number of rotatable bonds is 2. The summed E-state index contributed by atoms with van der Waals surface area (Å²) >= 11 is 6.36. The lowest BCUT2D eigenvalue weighted by molar-refractivity contribution is 0.211. The average molecular weight is 440 g/mol. The van der Waals surface area contributed by atoms with Crippen molar-refractivity contribution in [1.29, 1.82) is 0 Å². The normalized spacial score (nSPS) is 18.5.